The summed E-state index contributed by atoms with van der Waals surface area (Å²) in [5, 5.41) is 42.4. The minimum atomic E-state index is -1.22. The van der Waals surface area contributed by atoms with E-state index in [-0.39, 0.29) is 12.5 Å². The minimum absolute atomic E-state index is 0.0767. The summed E-state index contributed by atoms with van der Waals surface area (Å²) in [7, 11) is 0. The van der Waals surface area contributed by atoms with Crippen molar-refractivity contribution in [2.75, 3.05) is 18.6 Å². The molecular weight excluding hydrogens is 366 g/mol. The van der Waals surface area contributed by atoms with Gasteiger partial charge < -0.3 is 25.4 Å². The molecule has 28 heavy (non-hydrogen) atoms. The molecule has 2 aromatic rings. The third kappa shape index (κ3) is 3.15. The first kappa shape index (κ1) is 18.8. The van der Waals surface area contributed by atoms with E-state index in [0.29, 0.717) is 18.1 Å². The Bertz CT molecular complexity index is 872. The predicted molar refractivity (Wildman–Crippen MR) is 98.4 cm³/mol. The number of benzene rings is 1. The largest absolute Gasteiger partial charge is 0.394 e. The third-order valence-corrected chi connectivity index (χ3v) is 5.09. The number of rotatable bonds is 5. The molecule has 1 saturated heterocycles. The van der Waals surface area contributed by atoms with Gasteiger partial charge in [-0.3, -0.25) is 14.8 Å². The molecule has 0 aliphatic carbocycles. The SMILES string of the molecule is Cc1ccccc1CON1CNc2c(ncn2[C@@H]2O[C@H](CO)[C@@H](O)[C@H]2O)C1=N. The molecule has 4 atom stereocenters. The molecule has 10 heteroatoms. The average molecular weight is 389 g/mol. The van der Waals surface area contributed by atoms with Crippen molar-refractivity contribution in [2.45, 2.75) is 38.1 Å². The molecule has 1 fully saturated rings. The van der Waals surface area contributed by atoms with Crippen molar-refractivity contribution in [2.24, 2.45) is 0 Å². The monoisotopic (exact) mass is 389 g/mol. The second-order valence-corrected chi connectivity index (χ2v) is 6.84. The van der Waals surface area contributed by atoms with Gasteiger partial charge in [0.1, 0.15) is 43.1 Å². The molecule has 0 radical (unpaired) electrons. The number of fused-ring (bicyclic) bond motifs is 1. The number of hydrogen-bond acceptors (Lipinski definition) is 8. The van der Waals surface area contributed by atoms with E-state index in [9.17, 15) is 15.3 Å². The summed E-state index contributed by atoms with van der Waals surface area (Å²) in [6.45, 7) is 2.12. The van der Waals surface area contributed by atoms with Gasteiger partial charge in [-0.25, -0.2) is 10.0 Å². The first-order chi connectivity index (χ1) is 13.5. The Hall–Kier alpha value is -2.50. The van der Waals surface area contributed by atoms with E-state index < -0.39 is 31.1 Å². The lowest BCUT2D eigenvalue weighted by Crippen LogP contribution is -2.41. The van der Waals surface area contributed by atoms with Gasteiger partial charge in [0, 0.05) is 0 Å². The first-order valence-electron chi connectivity index (χ1n) is 8.98. The Morgan fingerprint density at radius 1 is 1.32 bits per heavy atom. The molecule has 0 saturated carbocycles. The highest BCUT2D eigenvalue weighted by molar-refractivity contribution is 5.99. The van der Waals surface area contributed by atoms with Crippen LogP contribution in [0.1, 0.15) is 23.0 Å². The zero-order valence-corrected chi connectivity index (χ0v) is 15.3. The normalized spacial score (nSPS) is 27.0. The lowest BCUT2D eigenvalue weighted by Gasteiger charge is -2.30. The number of hydrogen-bond donors (Lipinski definition) is 5. The molecule has 0 unspecified atom stereocenters. The fourth-order valence-electron chi connectivity index (χ4n) is 3.39. The van der Waals surface area contributed by atoms with Gasteiger partial charge in [-0.05, 0) is 18.1 Å². The van der Waals surface area contributed by atoms with Crippen molar-refractivity contribution < 1.29 is 24.9 Å². The fourth-order valence-corrected chi connectivity index (χ4v) is 3.39. The fraction of sp³-hybridized carbons (Fsp3) is 0.444. The van der Waals surface area contributed by atoms with Gasteiger partial charge >= 0.3 is 0 Å². The predicted octanol–water partition coefficient (Wildman–Crippen LogP) is -0.0548. The van der Waals surface area contributed by atoms with Crippen LogP contribution in [0.3, 0.4) is 0 Å². The summed E-state index contributed by atoms with van der Waals surface area (Å²) in [6.07, 6.45) is -2.79. The Balaban J connectivity index is 1.49. The van der Waals surface area contributed by atoms with E-state index in [2.05, 4.69) is 10.3 Å². The molecular formula is C18H23N5O5. The molecule has 5 N–H and O–H groups in total. The molecule has 4 rings (SSSR count). The highest BCUT2D eigenvalue weighted by atomic mass is 16.7. The number of imidazole rings is 1. The van der Waals surface area contributed by atoms with Crippen LogP contribution in [0, 0.1) is 12.3 Å². The van der Waals surface area contributed by atoms with Crippen molar-refractivity contribution in [1.29, 1.82) is 5.41 Å². The van der Waals surface area contributed by atoms with Crippen molar-refractivity contribution in [3.63, 3.8) is 0 Å². The number of hydroxylamine groups is 2. The second-order valence-electron chi connectivity index (χ2n) is 6.84. The Morgan fingerprint density at radius 2 is 2.11 bits per heavy atom. The summed E-state index contributed by atoms with van der Waals surface area (Å²) >= 11 is 0. The Morgan fingerprint density at radius 3 is 2.82 bits per heavy atom. The van der Waals surface area contributed by atoms with Crippen LogP contribution in [0.25, 0.3) is 0 Å². The molecule has 0 spiro atoms. The maximum absolute atomic E-state index is 10.2. The summed E-state index contributed by atoms with van der Waals surface area (Å²) in [5.74, 6) is 0.559. The number of ether oxygens (including phenoxy) is 1. The Labute approximate surface area is 161 Å². The van der Waals surface area contributed by atoms with Crippen LogP contribution in [0.2, 0.25) is 0 Å². The van der Waals surface area contributed by atoms with E-state index in [0.717, 1.165) is 11.1 Å². The molecule has 3 heterocycles. The lowest BCUT2D eigenvalue weighted by molar-refractivity contribution is -0.108. The van der Waals surface area contributed by atoms with Crippen molar-refractivity contribution in [3.05, 3.63) is 47.4 Å². The quantitative estimate of drug-likeness (QED) is 0.480. The topological polar surface area (TPSA) is 136 Å². The molecule has 150 valence electrons. The molecule has 2 aliphatic heterocycles. The van der Waals surface area contributed by atoms with Crippen LogP contribution < -0.4 is 5.32 Å². The molecule has 2 aliphatic rings. The van der Waals surface area contributed by atoms with E-state index in [1.807, 2.05) is 31.2 Å². The maximum Gasteiger partial charge on any atom is 0.176 e. The summed E-state index contributed by atoms with van der Waals surface area (Å²) in [6, 6.07) is 7.86. The summed E-state index contributed by atoms with van der Waals surface area (Å²) in [4.78, 5) is 10.0. The molecule has 10 nitrogen and oxygen atoms in total. The van der Waals surface area contributed by atoms with Crippen molar-refractivity contribution >= 4 is 11.7 Å². The van der Waals surface area contributed by atoms with Crippen LogP contribution in [0.4, 0.5) is 5.82 Å². The van der Waals surface area contributed by atoms with Crippen molar-refractivity contribution in [3.8, 4) is 0 Å². The van der Waals surface area contributed by atoms with Gasteiger partial charge in [0.05, 0.1) is 12.9 Å². The highest BCUT2D eigenvalue weighted by Crippen LogP contribution is 2.34. The van der Waals surface area contributed by atoms with Gasteiger partial charge in [-0.15, -0.1) is 0 Å². The number of aliphatic hydroxyl groups excluding tert-OH is 3. The number of anilines is 1. The molecule has 0 amide bonds. The summed E-state index contributed by atoms with van der Waals surface area (Å²) < 4.78 is 7.06. The second kappa shape index (κ2) is 7.49. The maximum atomic E-state index is 10.2. The van der Waals surface area contributed by atoms with Crippen molar-refractivity contribution in [1.82, 2.24) is 14.6 Å². The number of nitrogens with one attached hydrogen (secondary N) is 2. The van der Waals surface area contributed by atoms with Crippen LogP contribution >= 0.6 is 0 Å². The van der Waals surface area contributed by atoms with E-state index >= 15 is 0 Å². The third-order valence-electron chi connectivity index (χ3n) is 5.09. The number of nitrogens with zero attached hydrogens (tertiary/aromatic N) is 3. The van der Waals surface area contributed by atoms with E-state index in [4.69, 9.17) is 15.0 Å². The van der Waals surface area contributed by atoms with E-state index in [1.165, 1.54) is 16.0 Å². The van der Waals surface area contributed by atoms with Gasteiger partial charge in [0.2, 0.25) is 0 Å². The average Bonchev–Trinajstić information content (AvgIpc) is 3.24. The Kier molecular flexibility index (Phi) is 5.04. The van der Waals surface area contributed by atoms with Crippen LogP contribution in [0.5, 0.6) is 0 Å². The number of amidine groups is 1. The first-order valence-corrected chi connectivity index (χ1v) is 8.98. The van der Waals surface area contributed by atoms with Gasteiger partial charge in [0.25, 0.3) is 0 Å². The van der Waals surface area contributed by atoms with E-state index in [1.54, 1.807) is 0 Å². The zero-order chi connectivity index (χ0) is 19.8. The minimum Gasteiger partial charge on any atom is -0.394 e. The molecule has 1 aromatic heterocycles. The number of aryl methyl sites for hydroxylation is 1. The number of aromatic nitrogens is 2. The summed E-state index contributed by atoms with van der Waals surface area (Å²) in [5.41, 5.74) is 2.47. The van der Waals surface area contributed by atoms with Crippen LogP contribution in [0.15, 0.2) is 30.6 Å². The van der Waals surface area contributed by atoms with Gasteiger partial charge in [0.15, 0.2) is 12.1 Å². The molecule has 1 aromatic carbocycles. The number of aliphatic hydroxyl groups is 3. The molecule has 0 bridgehead atoms. The standard InChI is InChI=1S/C18H23N5O5/c1-10-4-2-3-5-11(10)7-27-23-9-21-17-13(16(23)19)20-8-22(17)18-15(26)14(25)12(6-24)28-18/h2-5,8,12,14-15,18-19,21,24-26H,6-7,9H2,1H3/t12-,14-,15-,18-/m1/s1. The highest BCUT2D eigenvalue weighted by Gasteiger charge is 2.44. The van der Waals surface area contributed by atoms with Gasteiger partial charge in [-0.1, -0.05) is 24.3 Å². The smallest absolute Gasteiger partial charge is 0.176 e. The van der Waals surface area contributed by atoms with Crippen LogP contribution in [-0.2, 0) is 16.2 Å². The zero-order valence-electron chi connectivity index (χ0n) is 15.3. The van der Waals surface area contributed by atoms with Crippen LogP contribution in [-0.4, -0.2) is 67.4 Å². The van der Waals surface area contributed by atoms with Gasteiger partial charge in [-0.2, -0.15) is 0 Å². The lowest BCUT2D eigenvalue weighted by atomic mass is 10.1.